The zero-order valence-electron chi connectivity index (χ0n) is 7.87. The third kappa shape index (κ3) is 2.19. The average Bonchev–Trinajstić information content (AvgIpc) is 2.24. The first-order chi connectivity index (χ1) is 7.65. The van der Waals surface area contributed by atoms with Gasteiger partial charge in [-0.1, -0.05) is 0 Å². The molecule has 0 saturated heterocycles. The molecule has 0 aliphatic rings. The molecule has 2 N–H and O–H groups in total. The highest BCUT2D eigenvalue weighted by atomic mass is 19.2. The number of H-pyrrole nitrogens is 1. The summed E-state index contributed by atoms with van der Waals surface area (Å²) in [5.74, 6) is -1.88. The molecule has 1 aromatic carbocycles. The average molecular weight is 224 g/mol. The Morgan fingerprint density at radius 3 is 2.75 bits per heavy atom. The smallest absolute Gasteiger partial charge is 0.271 e. The molecular formula is C9H6F2N4O. The van der Waals surface area contributed by atoms with Gasteiger partial charge in [-0.3, -0.25) is 9.78 Å². The van der Waals surface area contributed by atoms with Gasteiger partial charge in [0, 0.05) is 11.8 Å². The molecule has 0 aliphatic carbocycles. The predicted octanol–water partition coefficient (Wildman–Crippen LogP) is 1.19. The fourth-order valence-corrected chi connectivity index (χ4v) is 1.08. The van der Waals surface area contributed by atoms with Gasteiger partial charge in [-0.15, -0.1) is 10.2 Å². The molecule has 5 nitrogen and oxygen atoms in total. The fraction of sp³-hybridized carbons (Fsp3) is 0. The molecule has 2 rings (SSSR count). The Kier molecular flexibility index (Phi) is 2.59. The minimum absolute atomic E-state index is 0.0542. The Morgan fingerprint density at radius 2 is 2.06 bits per heavy atom. The van der Waals surface area contributed by atoms with Crippen LogP contribution in [0.2, 0.25) is 0 Å². The minimum Gasteiger partial charge on any atom is -0.324 e. The number of hydrogen-bond acceptors (Lipinski definition) is 4. The van der Waals surface area contributed by atoms with Crippen molar-refractivity contribution in [2.24, 2.45) is 0 Å². The van der Waals surface area contributed by atoms with Gasteiger partial charge in [0.2, 0.25) is 5.95 Å². The van der Waals surface area contributed by atoms with Crippen molar-refractivity contribution in [2.75, 3.05) is 5.32 Å². The molecule has 7 heteroatoms. The first-order valence-electron chi connectivity index (χ1n) is 4.29. The largest absolute Gasteiger partial charge is 0.324 e. The van der Waals surface area contributed by atoms with Gasteiger partial charge < -0.3 is 5.32 Å². The predicted molar refractivity (Wildman–Crippen MR) is 52.3 cm³/mol. The summed E-state index contributed by atoms with van der Waals surface area (Å²) in [5, 5.41) is 9.53. The highest BCUT2D eigenvalue weighted by Gasteiger charge is 2.03. The molecular weight excluding hydrogens is 218 g/mol. The maximum Gasteiger partial charge on any atom is 0.271 e. The number of hydrogen-bond donors (Lipinski definition) is 2. The second-order valence-electron chi connectivity index (χ2n) is 2.94. The maximum atomic E-state index is 12.8. The molecule has 0 atom stereocenters. The lowest BCUT2D eigenvalue weighted by atomic mass is 10.3. The molecule has 0 unspecified atom stereocenters. The lowest BCUT2D eigenvalue weighted by Gasteiger charge is -2.03. The first-order valence-corrected chi connectivity index (χ1v) is 4.29. The summed E-state index contributed by atoms with van der Waals surface area (Å²) in [5.41, 5.74) is -0.185. The number of anilines is 2. The van der Waals surface area contributed by atoms with Crippen molar-refractivity contribution in [2.45, 2.75) is 0 Å². The molecule has 0 radical (unpaired) electrons. The van der Waals surface area contributed by atoms with Gasteiger partial charge in [-0.05, 0) is 12.1 Å². The Balaban J connectivity index is 2.27. The van der Waals surface area contributed by atoms with Gasteiger partial charge in [-0.25, -0.2) is 8.78 Å². The third-order valence-electron chi connectivity index (χ3n) is 1.76. The van der Waals surface area contributed by atoms with Gasteiger partial charge in [0.1, 0.15) is 6.20 Å². The number of aromatic nitrogens is 3. The topological polar surface area (TPSA) is 70.7 Å². The van der Waals surface area contributed by atoms with E-state index >= 15 is 0 Å². The van der Waals surface area contributed by atoms with Crippen LogP contribution in [0.5, 0.6) is 0 Å². The molecule has 0 spiro atoms. The van der Waals surface area contributed by atoms with Crippen LogP contribution in [0.15, 0.2) is 29.2 Å². The van der Waals surface area contributed by atoms with E-state index in [0.717, 1.165) is 18.3 Å². The molecule has 82 valence electrons. The van der Waals surface area contributed by atoms with E-state index in [0.29, 0.717) is 0 Å². The molecule has 0 saturated carbocycles. The second-order valence-corrected chi connectivity index (χ2v) is 2.94. The van der Waals surface area contributed by atoms with Crippen molar-refractivity contribution in [3.63, 3.8) is 0 Å². The van der Waals surface area contributed by atoms with E-state index in [1.165, 1.54) is 6.07 Å². The van der Waals surface area contributed by atoms with Gasteiger partial charge in [0.05, 0.1) is 0 Å². The van der Waals surface area contributed by atoms with E-state index in [-0.39, 0.29) is 11.6 Å². The van der Waals surface area contributed by atoms with E-state index in [1.54, 1.807) is 0 Å². The van der Waals surface area contributed by atoms with Crippen LogP contribution >= 0.6 is 0 Å². The summed E-state index contributed by atoms with van der Waals surface area (Å²) in [6.07, 6.45) is 0.996. The van der Waals surface area contributed by atoms with E-state index in [4.69, 9.17) is 0 Å². The van der Waals surface area contributed by atoms with Crippen LogP contribution in [0, 0.1) is 11.6 Å². The Hall–Kier alpha value is -2.31. The monoisotopic (exact) mass is 224 g/mol. The Bertz CT molecular complexity index is 569. The van der Waals surface area contributed by atoms with Crippen LogP contribution in [0.1, 0.15) is 0 Å². The first kappa shape index (κ1) is 10.2. The molecule has 0 aliphatic heterocycles. The maximum absolute atomic E-state index is 12.8. The van der Waals surface area contributed by atoms with Crippen LogP contribution < -0.4 is 10.9 Å². The number of aromatic amines is 1. The zero-order valence-corrected chi connectivity index (χ0v) is 7.87. The SMILES string of the molecule is O=c1cnnc(Nc2ccc(F)c(F)c2)[nH]1. The van der Waals surface area contributed by atoms with Gasteiger partial charge in [-0.2, -0.15) is 0 Å². The summed E-state index contributed by atoms with van der Waals surface area (Å²) >= 11 is 0. The van der Waals surface area contributed by atoms with Crippen molar-refractivity contribution in [1.82, 2.24) is 15.2 Å². The molecule has 1 heterocycles. The molecule has 2 aromatic rings. The second kappa shape index (κ2) is 4.05. The lowest BCUT2D eigenvalue weighted by Crippen LogP contribution is -2.10. The summed E-state index contributed by atoms with van der Waals surface area (Å²) in [4.78, 5) is 13.2. The van der Waals surface area contributed by atoms with Gasteiger partial charge >= 0.3 is 0 Å². The van der Waals surface area contributed by atoms with E-state index in [2.05, 4.69) is 20.5 Å². The van der Waals surface area contributed by atoms with E-state index in [9.17, 15) is 13.6 Å². The van der Waals surface area contributed by atoms with Crippen molar-refractivity contribution < 1.29 is 8.78 Å². The zero-order chi connectivity index (χ0) is 11.5. The Labute approximate surface area is 88.2 Å². The molecule has 0 bridgehead atoms. The number of nitrogens with zero attached hydrogens (tertiary/aromatic N) is 2. The van der Waals surface area contributed by atoms with Crippen LogP contribution in [0.25, 0.3) is 0 Å². The number of benzene rings is 1. The highest BCUT2D eigenvalue weighted by Crippen LogP contribution is 2.15. The quantitative estimate of drug-likeness (QED) is 0.803. The van der Waals surface area contributed by atoms with Gasteiger partial charge in [0.25, 0.3) is 5.56 Å². The molecule has 16 heavy (non-hydrogen) atoms. The molecule has 1 aromatic heterocycles. The van der Waals surface area contributed by atoms with Crippen LogP contribution in [-0.2, 0) is 0 Å². The lowest BCUT2D eigenvalue weighted by molar-refractivity contribution is 0.509. The number of halogens is 2. The van der Waals surface area contributed by atoms with Gasteiger partial charge in [0.15, 0.2) is 11.6 Å². The third-order valence-corrected chi connectivity index (χ3v) is 1.76. The highest BCUT2D eigenvalue weighted by molar-refractivity contribution is 5.52. The van der Waals surface area contributed by atoms with Crippen molar-refractivity contribution in [3.8, 4) is 0 Å². The van der Waals surface area contributed by atoms with E-state index in [1.807, 2.05) is 0 Å². The normalized spacial score (nSPS) is 10.1. The van der Waals surface area contributed by atoms with Crippen molar-refractivity contribution in [1.29, 1.82) is 0 Å². The standard InChI is InChI=1S/C9H6F2N4O/c10-6-2-1-5(3-7(6)11)13-9-14-8(16)4-12-15-9/h1-4H,(H2,13,14,15,16). The number of rotatable bonds is 2. The van der Waals surface area contributed by atoms with Crippen LogP contribution in [-0.4, -0.2) is 15.2 Å². The fourth-order valence-electron chi connectivity index (χ4n) is 1.08. The summed E-state index contributed by atoms with van der Waals surface area (Å²) in [6.45, 7) is 0. The minimum atomic E-state index is -0.990. The molecule has 0 amide bonds. The van der Waals surface area contributed by atoms with Crippen molar-refractivity contribution in [3.05, 3.63) is 46.4 Å². The number of nitrogens with one attached hydrogen (secondary N) is 2. The summed E-state index contributed by atoms with van der Waals surface area (Å²) in [7, 11) is 0. The Morgan fingerprint density at radius 1 is 1.25 bits per heavy atom. The van der Waals surface area contributed by atoms with Crippen LogP contribution in [0.3, 0.4) is 0 Å². The van der Waals surface area contributed by atoms with E-state index < -0.39 is 17.2 Å². The van der Waals surface area contributed by atoms with Crippen molar-refractivity contribution >= 4 is 11.6 Å². The summed E-state index contributed by atoms with van der Waals surface area (Å²) < 4.78 is 25.5. The van der Waals surface area contributed by atoms with Crippen LogP contribution in [0.4, 0.5) is 20.4 Å². The molecule has 0 fully saturated rings. The summed E-state index contributed by atoms with van der Waals surface area (Å²) in [6, 6.07) is 3.22.